The van der Waals surface area contributed by atoms with Crippen LogP contribution in [0.5, 0.6) is 0 Å². The van der Waals surface area contributed by atoms with Gasteiger partial charge in [0.15, 0.2) is 0 Å². The lowest BCUT2D eigenvalue weighted by atomic mass is 9.59. The Balaban J connectivity index is 1.26. The van der Waals surface area contributed by atoms with Crippen LogP contribution in [0.3, 0.4) is 0 Å². The van der Waals surface area contributed by atoms with Crippen LogP contribution in [0.2, 0.25) is 0 Å². The van der Waals surface area contributed by atoms with Crippen LogP contribution in [0.4, 0.5) is 0 Å². The smallest absolute Gasteiger partial charge is 0.0708 e. The van der Waals surface area contributed by atoms with Crippen LogP contribution in [0, 0.1) is 13.8 Å². The van der Waals surface area contributed by atoms with E-state index in [-0.39, 0.29) is 0 Å². The van der Waals surface area contributed by atoms with Crippen molar-refractivity contribution >= 4 is 43.6 Å². The number of hydrogen-bond donors (Lipinski definition) is 0. The maximum absolute atomic E-state index is 2.50. The van der Waals surface area contributed by atoms with Crippen molar-refractivity contribution in [2.45, 2.75) is 25.7 Å². The Kier molecular flexibility index (Phi) is 6.69. The van der Waals surface area contributed by atoms with Crippen molar-refractivity contribution < 1.29 is 0 Å². The number of fused-ring (bicyclic) bond motifs is 8. The molecule has 2 nitrogen and oxygen atoms in total. The van der Waals surface area contributed by atoms with E-state index in [1.807, 2.05) is 0 Å². The molecule has 0 aliphatic heterocycles. The fourth-order valence-corrected chi connectivity index (χ4v) is 9.56. The van der Waals surface area contributed by atoms with E-state index in [2.05, 4.69) is 205 Å². The average Bonchev–Trinajstić information content (AvgIpc) is 3.74. The van der Waals surface area contributed by atoms with E-state index in [1.165, 1.54) is 99.5 Å². The van der Waals surface area contributed by atoms with Crippen molar-refractivity contribution in [1.82, 2.24) is 9.13 Å². The highest BCUT2D eigenvalue weighted by atomic mass is 15.0. The van der Waals surface area contributed by atoms with Crippen LogP contribution in [-0.4, -0.2) is 9.13 Å². The summed E-state index contributed by atoms with van der Waals surface area (Å²) >= 11 is 0. The molecule has 2 heteroatoms. The summed E-state index contributed by atoms with van der Waals surface area (Å²) < 4.78 is 4.92. The molecule has 256 valence electrons. The monoisotopic (exact) mass is 690 g/mol. The zero-order chi connectivity index (χ0) is 36.0. The first-order valence-electron chi connectivity index (χ1n) is 19.0. The van der Waals surface area contributed by atoms with Gasteiger partial charge in [-0.25, -0.2) is 0 Å². The summed E-state index contributed by atoms with van der Waals surface area (Å²) in [7, 11) is 0. The summed E-state index contributed by atoms with van der Waals surface area (Å²) in [5, 5.41) is 5.09. The molecule has 11 rings (SSSR count). The molecule has 2 heterocycles. The van der Waals surface area contributed by atoms with Crippen LogP contribution in [0.1, 0.15) is 44.5 Å². The largest absolute Gasteiger partial charge is 0.309 e. The summed E-state index contributed by atoms with van der Waals surface area (Å²) in [5.74, 6) is 0. The van der Waals surface area contributed by atoms with E-state index in [4.69, 9.17) is 0 Å². The van der Waals surface area contributed by atoms with Gasteiger partial charge in [-0.2, -0.15) is 0 Å². The fraction of sp³-hybridized carbons (Fsp3) is 0.0769. The second kappa shape index (κ2) is 11.7. The molecule has 0 atom stereocenters. The van der Waals surface area contributed by atoms with E-state index in [1.54, 1.807) is 0 Å². The molecule has 0 radical (unpaired) electrons. The van der Waals surface area contributed by atoms with Crippen LogP contribution in [0.15, 0.2) is 182 Å². The lowest BCUT2D eigenvalue weighted by molar-refractivity contribution is 0.701. The first-order chi connectivity index (χ1) is 26.6. The first-order valence-corrected chi connectivity index (χ1v) is 19.0. The third-order valence-corrected chi connectivity index (χ3v) is 12.0. The summed E-state index contributed by atoms with van der Waals surface area (Å²) in [5.41, 5.74) is 17.1. The Morgan fingerprint density at radius 2 is 0.704 bits per heavy atom. The van der Waals surface area contributed by atoms with Gasteiger partial charge < -0.3 is 9.13 Å². The van der Waals surface area contributed by atoms with Gasteiger partial charge in [-0.15, -0.1) is 0 Å². The number of benzene rings is 8. The second-order valence-corrected chi connectivity index (χ2v) is 15.1. The maximum Gasteiger partial charge on any atom is 0.0708 e. The van der Waals surface area contributed by atoms with Gasteiger partial charge in [-0.05, 0) is 102 Å². The van der Waals surface area contributed by atoms with Crippen molar-refractivity contribution in [2.75, 3.05) is 0 Å². The van der Waals surface area contributed by atoms with Crippen LogP contribution < -0.4 is 0 Å². The number of para-hydroxylation sites is 4. The van der Waals surface area contributed by atoms with Crippen molar-refractivity contribution in [3.05, 3.63) is 226 Å². The number of aryl methyl sites for hydroxylation is 2. The molecule has 0 bridgehead atoms. The minimum Gasteiger partial charge on any atom is -0.309 e. The van der Waals surface area contributed by atoms with Crippen LogP contribution in [0.25, 0.3) is 55.0 Å². The molecule has 0 N–H and O–H groups in total. The summed E-state index contributed by atoms with van der Waals surface area (Å²) in [4.78, 5) is 0. The van der Waals surface area contributed by atoms with Crippen molar-refractivity contribution in [2.24, 2.45) is 0 Å². The minimum absolute atomic E-state index is 0.576. The van der Waals surface area contributed by atoms with E-state index < -0.39 is 5.41 Å². The molecule has 0 fully saturated rings. The standard InChI is InChI=1S/C52H38N2/c1-34-19-25-38(26-20-34)52(39-27-21-35(2)22-28-39)46-32-40(53-48-15-7-3-11-42(48)43-12-4-8-16-49(43)53)29-23-36(46)31-37-24-30-41(33-47(37)52)54-50-17-9-5-13-44(50)45-14-6-10-18-51(45)54/h3-30,32-33H,31H2,1-2H3. The normalized spacial score (nSPS) is 13.4. The molecule has 54 heavy (non-hydrogen) atoms. The van der Waals surface area contributed by atoms with Crippen LogP contribution >= 0.6 is 0 Å². The molecule has 0 saturated carbocycles. The summed E-state index contributed by atoms with van der Waals surface area (Å²) in [6, 6.07) is 68.4. The Hall–Kier alpha value is -6.64. The number of rotatable bonds is 4. The fourth-order valence-electron chi connectivity index (χ4n) is 9.56. The average molecular weight is 691 g/mol. The first kappa shape index (κ1) is 30.9. The Morgan fingerprint density at radius 3 is 1.06 bits per heavy atom. The van der Waals surface area contributed by atoms with Crippen LogP contribution in [-0.2, 0) is 11.8 Å². The molecule has 0 amide bonds. The molecule has 1 aliphatic rings. The summed E-state index contributed by atoms with van der Waals surface area (Å²) in [6.07, 6.45) is 0.866. The van der Waals surface area contributed by atoms with Crippen molar-refractivity contribution in [3.8, 4) is 11.4 Å². The SMILES string of the molecule is Cc1ccc(C2(c3ccc(C)cc3)c3cc(-n4c5ccccc5c5ccccc54)ccc3Cc3ccc(-n4c5ccccc5c5ccccc54)cc32)cc1. The highest BCUT2D eigenvalue weighted by molar-refractivity contribution is 6.10. The number of aromatic nitrogens is 2. The molecule has 0 saturated heterocycles. The van der Waals surface area contributed by atoms with Crippen molar-refractivity contribution in [3.63, 3.8) is 0 Å². The molecule has 10 aromatic rings. The van der Waals surface area contributed by atoms with E-state index >= 15 is 0 Å². The Labute approximate surface area is 315 Å². The predicted molar refractivity (Wildman–Crippen MR) is 226 cm³/mol. The molecule has 0 unspecified atom stereocenters. The maximum atomic E-state index is 2.50. The second-order valence-electron chi connectivity index (χ2n) is 15.1. The third-order valence-electron chi connectivity index (χ3n) is 12.0. The molecule has 0 spiro atoms. The zero-order valence-electron chi connectivity index (χ0n) is 30.4. The lowest BCUT2D eigenvalue weighted by Gasteiger charge is -2.43. The quantitative estimate of drug-likeness (QED) is 0.174. The highest BCUT2D eigenvalue weighted by Gasteiger charge is 2.44. The molecular weight excluding hydrogens is 653 g/mol. The highest BCUT2D eigenvalue weighted by Crippen LogP contribution is 2.52. The zero-order valence-corrected chi connectivity index (χ0v) is 30.4. The Bertz CT molecular complexity index is 2760. The number of nitrogens with zero attached hydrogens (tertiary/aromatic N) is 2. The van der Waals surface area contributed by atoms with Gasteiger partial charge in [-0.3, -0.25) is 0 Å². The molecule has 8 aromatic carbocycles. The molecular formula is C52H38N2. The van der Waals surface area contributed by atoms with Gasteiger partial charge in [0.2, 0.25) is 0 Å². The topological polar surface area (TPSA) is 9.86 Å². The van der Waals surface area contributed by atoms with Gasteiger partial charge in [-0.1, -0.05) is 145 Å². The number of hydrogen-bond acceptors (Lipinski definition) is 0. The van der Waals surface area contributed by atoms with Gasteiger partial charge >= 0.3 is 0 Å². The van der Waals surface area contributed by atoms with Gasteiger partial charge in [0.05, 0.1) is 27.5 Å². The molecule has 2 aromatic heterocycles. The summed E-state index contributed by atoms with van der Waals surface area (Å²) in [6.45, 7) is 4.37. The van der Waals surface area contributed by atoms with Crippen molar-refractivity contribution in [1.29, 1.82) is 0 Å². The minimum atomic E-state index is -0.576. The predicted octanol–water partition coefficient (Wildman–Crippen LogP) is 12.8. The van der Waals surface area contributed by atoms with E-state index in [9.17, 15) is 0 Å². The van der Waals surface area contributed by atoms with E-state index in [0.29, 0.717) is 0 Å². The van der Waals surface area contributed by atoms with E-state index in [0.717, 1.165) is 6.42 Å². The van der Waals surface area contributed by atoms with Gasteiger partial charge in [0.1, 0.15) is 0 Å². The third kappa shape index (κ3) is 4.34. The Morgan fingerprint density at radius 1 is 0.370 bits per heavy atom. The molecule has 1 aliphatic carbocycles. The van der Waals surface area contributed by atoms with Gasteiger partial charge in [0.25, 0.3) is 0 Å². The van der Waals surface area contributed by atoms with Gasteiger partial charge in [0, 0.05) is 32.9 Å². The lowest BCUT2D eigenvalue weighted by Crippen LogP contribution is -2.36.